The van der Waals surface area contributed by atoms with E-state index in [-0.39, 0.29) is 40.2 Å². The molecule has 24 heteroatoms. The third-order valence-corrected chi connectivity index (χ3v) is 7.98. The number of ether oxygens (including phenoxy) is 1. The number of nitriles is 1. The van der Waals surface area contributed by atoms with Gasteiger partial charge in [-0.2, -0.15) is 10.3 Å². The number of amidine groups is 1. The Bertz CT molecular complexity index is 1630. The van der Waals surface area contributed by atoms with Crippen LogP contribution in [-0.2, 0) is 24.4 Å². The maximum atomic E-state index is 10.5. The summed E-state index contributed by atoms with van der Waals surface area (Å²) in [5.41, 5.74) is 1.02. The number of thiazole rings is 2. The summed E-state index contributed by atoms with van der Waals surface area (Å²) in [5, 5.41) is 39.7. The number of pyridine rings is 1. The summed E-state index contributed by atoms with van der Waals surface area (Å²) < 4.78 is 6.15. The van der Waals surface area contributed by atoms with Gasteiger partial charge in [0.1, 0.15) is 34.7 Å². The van der Waals surface area contributed by atoms with Crippen LogP contribution >= 0.6 is 57.5 Å². The lowest BCUT2D eigenvalue weighted by molar-refractivity contribution is -0.486. The SMILES string of the molecule is C.C.CC(=NC#N)N(C)Cc1ccc(Cl)nc1.CN/C(=N\[N+](=O)[O-])NCc1cnc(Cl)s1.CN1COCN(Cc2cnc(Cl)s2)/C1=N/[N+](=O)[O-]. The summed E-state index contributed by atoms with van der Waals surface area (Å²) in [4.78, 5) is 42.8. The molecule has 1 fully saturated rings. The third kappa shape index (κ3) is 17.3. The number of guanidine groups is 2. The van der Waals surface area contributed by atoms with Crippen molar-refractivity contribution in [3.63, 3.8) is 0 Å². The zero-order valence-electron chi connectivity index (χ0n) is 25.8. The van der Waals surface area contributed by atoms with Gasteiger partial charge in [-0.3, -0.25) is 0 Å². The van der Waals surface area contributed by atoms with Crippen LogP contribution in [0.15, 0.2) is 45.9 Å². The summed E-state index contributed by atoms with van der Waals surface area (Å²) in [6, 6.07) is 3.63. The largest absolute Gasteiger partial charge is 0.358 e. The molecule has 2 N–H and O–H groups in total. The van der Waals surface area contributed by atoms with Gasteiger partial charge in [-0.25, -0.2) is 35.2 Å². The average Bonchev–Trinajstić information content (AvgIpc) is 3.65. The van der Waals surface area contributed by atoms with Gasteiger partial charge in [0.2, 0.25) is 6.19 Å². The van der Waals surface area contributed by atoms with E-state index in [4.69, 9.17) is 44.8 Å². The van der Waals surface area contributed by atoms with E-state index in [1.54, 1.807) is 54.6 Å². The van der Waals surface area contributed by atoms with Crippen molar-refractivity contribution in [1.29, 1.82) is 5.26 Å². The van der Waals surface area contributed by atoms with E-state index >= 15 is 0 Å². The molecule has 3 aromatic rings. The number of halogens is 3. The number of rotatable bonds is 8. The van der Waals surface area contributed by atoms with Crippen LogP contribution in [0.4, 0.5) is 0 Å². The second-order valence-corrected chi connectivity index (χ2v) is 12.8. The number of hydrogen-bond acceptors (Lipinski definition) is 12. The molecule has 274 valence electrons. The summed E-state index contributed by atoms with van der Waals surface area (Å²) in [5.74, 6) is 1.02. The molecule has 0 saturated carbocycles. The van der Waals surface area contributed by atoms with E-state index in [0.29, 0.717) is 39.6 Å². The fourth-order valence-corrected chi connectivity index (χ4v) is 5.38. The highest BCUT2D eigenvalue weighted by Gasteiger charge is 2.25. The van der Waals surface area contributed by atoms with Gasteiger partial charge in [0.25, 0.3) is 11.9 Å². The second-order valence-electron chi connectivity index (χ2n) is 9.05. The van der Waals surface area contributed by atoms with Crippen LogP contribution in [0.25, 0.3) is 0 Å². The van der Waals surface area contributed by atoms with Crippen molar-refractivity contribution in [3.8, 4) is 6.19 Å². The Labute approximate surface area is 312 Å². The first-order valence-corrected chi connectivity index (χ1v) is 15.9. The maximum Gasteiger partial charge on any atom is 0.277 e. The normalized spacial score (nSPS) is 13.3. The van der Waals surface area contributed by atoms with E-state index in [1.807, 2.05) is 18.0 Å². The van der Waals surface area contributed by atoms with Gasteiger partial charge in [0.15, 0.2) is 19.0 Å². The minimum absolute atomic E-state index is 0. The molecule has 1 saturated heterocycles. The summed E-state index contributed by atoms with van der Waals surface area (Å²) in [6.07, 6.45) is 6.69. The molecule has 0 aromatic carbocycles. The molecule has 1 aliphatic rings. The molecular formula is C26H37Cl3N14O5S2. The standard InChI is InChI=1S/C10H11ClN4.C8H10ClN5O3S.C6H8ClN5O2S.2CH4/c1-8(14-7-12)15(2)6-9-3-4-10(11)13-5-9;1-12-4-17-5-13(8(12)11-14(15)16)3-6-2-10-7(9)18-6;1-8-6(11-12(13)14)10-3-4-2-9-5(7)15-4;;/h3-5H,6H2,1-2H3;2H,3-5H2,1H3;2H,3H2,1H3,(H2,8,10,11);2*1H4/b;11-8+;;;. The topological polar surface area (TPSA) is 229 Å². The Kier molecular flexibility index (Phi) is 21.7. The maximum absolute atomic E-state index is 10.5. The first kappa shape index (κ1) is 45.5. The first-order chi connectivity index (χ1) is 22.8. The molecule has 0 radical (unpaired) electrons. The monoisotopic (exact) mass is 794 g/mol. The van der Waals surface area contributed by atoms with Gasteiger partial charge >= 0.3 is 0 Å². The summed E-state index contributed by atoms with van der Waals surface area (Å²) in [6.45, 7) is 3.76. The highest BCUT2D eigenvalue weighted by molar-refractivity contribution is 7.16. The summed E-state index contributed by atoms with van der Waals surface area (Å²) in [7, 11) is 5.08. The van der Waals surface area contributed by atoms with Gasteiger partial charge in [0.05, 0.1) is 13.1 Å². The van der Waals surface area contributed by atoms with Crippen LogP contribution in [0.5, 0.6) is 0 Å². The molecule has 0 spiro atoms. The van der Waals surface area contributed by atoms with Crippen LogP contribution in [0.3, 0.4) is 0 Å². The fourth-order valence-electron chi connectivity index (χ4n) is 3.36. The number of nitrogens with zero attached hydrogens (tertiary/aromatic N) is 12. The van der Waals surface area contributed by atoms with Crippen molar-refractivity contribution in [2.45, 2.75) is 41.4 Å². The molecular weight excluding hydrogens is 759 g/mol. The molecule has 0 aliphatic carbocycles. The van der Waals surface area contributed by atoms with Gasteiger partial charge in [0, 0.05) is 56.0 Å². The van der Waals surface area contributed by atoms with E-state index in [9.17, 15) is 20.2 Å². The number of hydrogen-bond donors (Lipinski definition) is 2. The molecule has 1 aliphatic heterocycles. The quantitative estimate of drug-likeness (QED) is 0.0763. The van der Waals surface area contributed by atoms with Crippen molar-refractivity contribution in [2.75, 3.05) is 34.6 Å². The Balaban J connectivity index is 0.000000711. The molecule has 0 amide bonds. The second kappa shape index (κ2) is 23.8. The van der Waals surface area contributed by atoms with Gasteiger partial charge in [-0.1, -0.05) is 55.7 Å². The Morgan fingerprint density at radius 3 is 2.22 bits per heavy atom. The minimum Gasteiger partial charge on any atom is -0.358 e. The number of aliphatic imine (C=N–C) groups is 1. The zero-order valence-corrected chi connectivity index (χ0v) is 29.7. The number of aromatic nitrogens is 3. The van der Waals surface area contributed by atoms with E-state index in [1.165, 1.54) is 29.7 Å². The molecule has 19 nitrogen and oxygen atoms in total. The fraction of sp³-hybridized carbons (Fsp3) is 0.423. The smallest absolute Gasteiger partial charge is 0.277 e. The third-order valence-electron chi connectivity index (χ3n) is 5.55. The molecule has 3 aromatic heterocycles. The lowest BCUT2D eigenvalue weighted by Gasteiger charge is -2.34. The van der Waals surface area contributed by atoms with Crippen LogP contribution in [-0.4, -0.2) is 92.1 Å². The highest BCUT2D eigenvalue weighted by Crippen LogP contribution is 2.21. The van der Waals surface area contributed by atoms with Crippen LogP contribution < -0.4 is 10.6 Å². The van der Waals surface area contributed by atoms with Crippen molar-refractivity contribution < 1.29 is 14.8 Å². The van der Waals surface area contributed by atoms with Crippen LogP contribution in [0.2, 0.25) is 14.1 Å². The number of hydrazone groups is 2. The molecule has 0 unspecified atom stereocenters. The van der Waals surface area contributed by atoms with E-state index < -0.39 is 10.1 Å². The average molecular weight is 796 g/mol. The lowest BCUT2D eigenvalue weighted by Crippen LogP contribution is -2.49. The first-order valence-electron chi connectivity index (χ1n) is 13.2. The molecule has 4 heterocycles. The van der Waals surface area contributed by atoms with Gasteiger partial charge in [-0.15, -0.1) is 22.7 Å². The molecule has 0 bridgehead atoms. The van der Waals surface area contributed by atoms with Gasteiger partial charge in [-0.05, 0) is 18.6 Å². The van der Waals surface area contributed by atoms with Crippen molar-refractivity contribution in [2.24, 2.45) is 15.2 Å². The molecule has 0 atom stereocenters. The number of nitrogens with one attached hydrogen (secondary N) is 2. The van der Waals surface area contributed by atoms with E-state index in [2.05, 4.69) is 40.8 Å². The predicted octanol–water partition coefficient (Wildman–Crippen LogP) is 5.01. The molecule has 4 rings (SSSR count). The van der Waals surface area contributed by atoms with E-state index in [0.717, 1.165) is 15.3 Å². The van der Waals surface area contributed by atoms with Crippen molar-refractivity contribution in [3.05, 3.63) is 80.4 Å². The van der Waals surface area contributed by atoms with Crippen LogP contribution in [0, 0.1) is 31.7 Å². The minimum atomic E-state index is -0.779. The highest BCUT2D eigenvalue weighted by atomic mass is 35.5. The van der Waals surface area contributed by atoms with Crippen LogP contribution in [0.1, 0.15) is 37.1 Å². The summed E-state index contributed by atoms with van der Waals surface area (Å²) >= 11 is 19.6. The van der Waals surface area contributed by atoms with Crippen molar-refractivity contribution in [1.82, 2.24) is 40.3 Å². The lowest BCUT2D eigenvalue weighted by atomic mass is 10.3. The molecule has 50 heavy (non-hydrogen) atoms. The zero-order chi connectivity index (χ0) is 35.6. The van der Waals surface area contributed by atoms with Gasteiger partial charge < -0.3 is 30.1 Å². The Morgan fingerprint density at radius 1 is 1.08 bits per heavy atom. The Morgan fingerprint density at radius 2 is 1.72 bits per heavy atom. The Hall–Kier alpha value is -4.46. The van der Waals surface area contributed by atoms with Crippen molar-refractivity contribution >= 4 is 75.2 Å². The predicted molar refractivity (Wildman–Crippen MR) is 196 cm³/mol. The number of nitro groups is 2.